The monoisotopic (exact) mass is 533 g/mol. The molecular weight excluding hydrogens is 497 g/mol. The van der Waals surface area contributed by atoms with Gasteiger partial charge in [0.1, 0.15) is 18.0 Å². The van der Waals surface area contributed by atoms with Crippen molar-refractivity contribution in [3.8, 4) is 5.75 Å². The average Bonchev–Trinajstić information content (AvgIpc) is 2.58. The van der Waals surface area contributed by atoms with Crippen LogP contribution in [0.15, 0.2) is 29.3 Å². The lowest BCUT2D eigenvalue weighted by Gasteiger charge is -2.40. The topological polar surface area (TPSA) is 78.4 Å². The van der Waals surface area contributed by atoms with Gasteiger partial charge in [0.05, 0.1) is 6.04 Å². The molecule has 0 unspecified atom stereocenters. The quantitative estimate of drug-likeness (QED) is 0.319. The van der Waals surface area contributed by atoms with Gasteiger partial charge in [-0.2, -0.15) is 0 Å². The lowest BCUT2D eigenvalue weighted by atomic mass is 10.1. The van der Waals surface area contributed by atoms with E-state index in [1.54, 1.807) is 11.9 Å². The van der Waals surface area contributed by atoms with Gasteiger partial charge in [-0.15, -0.1) is 24.0 Å². The van der Waals surface area contributed by atoms with Crippen LogP contribution in [0.25, 0.3) is 0 Å². The standard InChI is InChI=1S/C21H35N5O3.HI/c1-21(2,3)29-20(27)26-14-17(15-26)24-19(22-4)23-13-16-8-7-9-18(12-16)28-11-10-25(5)6;/h7-9,12,17H,10-11,13-15H2,1-6H3,(H2,22,23,24);1H. The third-order valence-corrected chi connectivity index (χ3v) is 4.26. The van der Waals surface area contributed by atoms with Gasteiger partial charge in [-0.3, -0.25) is 4.99 Å². The molecule has 0 aromatic heterocycles. The number of benzene rings is 1. The zero-order valence-electron chi connectivity index (χ0n) is 18.9. The number of halogens is 1. The summed E-state index contributed by atoms with van der Waals surface area (Å²) in [6.45, 7) is 8.98. The van der Waals surface area contributed by atoms with Crippen molar-refractivity contribution in [3.05, 3.63) is 29.8 Å². The van der Waals surface area contributed by atoms with Crippen LogP contribution in [0.1, 0.15) is 26.3 Å². The Morgan fingerprint density at radius 3 is 2.60 bits per heavy atom. The first-order valence-electron chi connectivity index (χ1n) is 9.98. The van der Waals surface area contributed by atoms with Gasteiger partial charge in [0.2, 0.25) is 0 Å². The van der Waals surface area contributed by atoms with Crippen LogP contribution in [-0.4, -0.2) is 80.9 Å². The number of likely N-dealkylation sites (tertiary alicyclic amines) is 1. The van der Waals surface area contributed by atoms with Crippen LogP contribution in [-0.2, 0) is 11.3 Å². The number of guanidine groups is 1. The Hall–Kier alpha value is -1.75. The number of aliphatic imine (C=N–C) groups is 1. The molecular formula is C21H36IN5O3. The minimum atomic E-state index is -0.474. The number of hydrogen-bond acceptors (Lipinski definition) is 5. The van der Waals surface area contributed by atoms with Crippen LogP contribution in [0.3, 0.4) is 0 Å². The van der Waals surface area contributed by atoms with Crippen LogP contribution in [0, 0.1) is 0 Å². The number of hydrogen-bond donors (Lipinski definition) is 2. The summed E-state index contributed by atoms with van der Waals surface area (Å²) in [4.78, 5) is 20.1. The first-order chi connectivity index (χ1) is 13.7. The molecule has 1 aliphatic rings. The number of nitrogens with one attached hydrogen (secondary N) is 2. The number of carbonyl (C=O) groups is 1. The van der Waals surface area contributed by atoms with Crippen LogP contribution in [0.5, 0.6) is 5.75 Å². The Balaban J connectivity index is 0.00000450. The molecule has 1 aliphatic heterocycles. The number of likely N-dealkylation sites (N-methyl/N-ethyl adjacent to an activating group) is 1. The summed E-state index contributed by atoms with van der Waals surface area (Å²) in [7, 11) is 5.79. The molecule has 1 fully saturated rings. The van der Waals surface area contributed by atoms with E-state index in [1.807, 2.05) is 59.1 Å². The van der Waals surface area contributed by atoms with Gasteiger partial charge < -0.3 is 29.9 Å². The van der Waals surface area contributed by atoms with Crippen molar-refractivity contribution >= 4 is 36.0 Å². The normalized spacial score (nSPS) is 14.6. The molecule has 1 amide bonds. The summed E-state index contributed by atoms with van der Waals surface area (Å²) in [5.74, 6) is 1.57. The van der Waals surface area contributed by atoms with Crippen LogP contribution in [0.2, 0.25) is 0 Å². The summed E-state index contributed by atoms with van der Waals surface area (Å²) in [6, 6.07) is 8.19. The summed E-state index contributed by atoms with van der Waals surface area (Å²) < 4.78 is 11.2. The van der Waals surface area contributed by atoms with Gasteiger partial charge in [0, 0.05) is 33.2 Å². The van der Waals surface area contributed by atoms with E-state index >= 15 is 0 Å². The smallest absolute Gasteiger partial charge is 0.410 e. The van der Waals surface area contributed by atoms with E-state index in [-0.39, 0.29) is 36.1 Å². The molecule has 9 heteroatoms. The molecule has 8 nitrogen and oxygen atoms in total. The van der Waals surface area contributed by atoms with Gasteiger partial charge in [-0.05, 0) is 52.6 Å². The molecule has 0 spiro atoms. The molecule has 0 aliphatic carbocycles. The fraction of sp³-hybridized carbons (Fsp3) is 0.619. The van der Waals surface area contributed by atoms with E-state index in [0.717, 1.165) is 17.9 Å². The van der Waals surface area contributed by atoms with Crippen molar-refractivity contribution in [1.29, 1.82) is 0 Å². The Bertz CT molecular complexity index is 700. The number of nitrogens with zero attached hydrogens (tertiary/aromatic N) is 3. The minimum absolute atomic E-state index is 0. The van der Waals surface area contributed by atoms with E-state index in [4.69, 9.17) is 9.47 Å². The maximum Gasteiger partial charge on any atom is 0.410 e. The van der Waals surface area contributed by atoms with Gasteiger partial charge in [0.15, 0.2) is 5.96 Å². The van der Waals surface area contributed by atoms with Crippen molar-refractivity contribution in [2.24, 2.45) is 4.99 Å². The Morgan fingerprint density at radius 2 is 2.00 bits per heavy atom. The molecule has 0 bridgehead atoms. The number of rotatable bonds is 7. The predicted molar refractivity (Wildman–Crippen MR) is 131 cm³/mol. The second kappa shape index (κ2) is 12.2. The summed E-state index contributed by atoms with van der Waals surface area (Å²) in [5.41, 5.74) is 0.636. The summed E-state index contributed by atoms with van der Waals surface area (Å²) >= 11 is 0. The van der Waals surface area contributed by atoms with Crippen LogP contribution >= 0.6 is 24.0 Å². The van der Waals surface area contributed by atoms with Crippen molar-refractivity contribution in [3.63, 3.8) is 0 Å². The van der Waals surface area contributed by atoms with Crippen molar-refractivity contribution in [1.82, 2.24) is 20.4 Å². The maximum atomic E-state index is 12.0. The predicted octanol–water partition coefficient (Wildman–Crippen LogP) is 2.53. The number of carbonyl (C=O) groups excluding carboxylic acids is 1. The van der Waals surface area contributed by atoms with E-state index < -0.39 is 5.60 Å². The van der Waals surface area contributed by atoms with E-state index in [9.17, 15) is 4.79 Å². The first-order valence-corrected chi connectivity index (χ1v) is 9.98. The highest BCUT2D eigenvalue weighted by Crippen LogP contribution is 2.15. The lowest BCUT2D eigenvalue weighted by Crippen LogP contribution is -2.63. The molecule has 1 aromatic rings. The van der Waals surface area contributed by atoms with Gasteiger partial charge in [-0.25, -0.2) is 4.79 Å². The van der Waals surface area contributed by atoms with E-state index in [2.05, 4.69) is 20.5 Å². The van der Waals surface area contributed by atoms with Crippen LogP contribution in [0.4, 0.5) is 4.79 Å². The third-order valence-electron chi connectivity index (χ3n) is 4.26. The molecule has 30 heavy (non-hydrogen) atoms. The van der Waals surface area contributed by atoms with E-state index in [0.29, 0.717) is 32.2 Å². The highest BCUT2D eigenvalue weighted by molar-refractivity contribution is 14.0. The summed E-state index contributed by atoms with van der Waals surface area (Å²) in [5, 5.41) is 6.64. The molecule has 2 rings (SSSR count). The molecule has 170 valence electrons. The molecule has 0 atom stereocenters. The largest absolute Gasteiger partial charge is 0.492 e. The second-order valence-electron chi connectivity index (χ2n) is 8.45. The molecule has 1 aromatic carbocycles. The highest BCUT2D eigenvalue weighted by atomic mass is 127. The third kappa shape index (κ3) is 9.38. The van der Waals surface area contributed by atoms with Crippen molar-refractivity contribution in [2.45, 2.75) is 39.0 Å². The van der Waals surface area contributed by atoms with Gasteiger partial charge >= 0.3 is 6.09 Å². The van der Waals surface area contributed by atoms with Gasteiger partial charge in [-0.1, -0.05) is 12.1 Å². The lowest BCUT2D eigenvalue weighted by molar-refractivity contribution is 0.00701. The van der Waals surface area contributed by atoms with Crippen molar-refractivity contribution in [2.75, 3.05) is 47.4 Å². The Labute approximate surface area is 197 Å². The molecule has 1 saturated heterocycles. The average molecular weight is 533 g/mol. The highest BCUT2D eigenvalue weighted by Gasteiger charge is 2.34. The zero-order chi connectivity index (χ0) is 21.4. The van der Waals surface area contributed by atoms with Crippen LogP contribution < -0.4 is 15.4 Å². The second-order valence-corrected chi connectivity index (χ2v) is 8.45. The first kappa shape index (κ1) is 26.3. The fourth-order valence-electron chi connectivity index (χ4n) is 2.71. The van der Waals surface area contributed by atoms with Crippen molar-refractivity contribution < 1.29 is 14.3 Å². The minimum Gasteiger partial charge on any atom is -0.492 e. The maximum absolute atomic E-state index is 12.0. The fourth-order valence-corrected chi connectivity index (χ4v) is 2.71. The molecule has 0 radical (unpaired) electrons. The summed E-state index contributed by atoms with van der Waals surface area (Å²) in [6.07, 6.45) is -0.274. The Morgan fingerprint density at radius 1 is 1.30 bits per heavy atom. The number of amides is 1. The molecule has 1 heterocycles. The molecule has 0 saturated carbocycles. The number of ether oxygens (including phenoxy) is 2. The van der Waals surface area contributed by atoms with E-state index in [1.165, 1.54) is 0 Å². The zero-order valence-corrected chi connectivity index (χ0v) is 21.2. The Kier molecular flexibility index (Phi) is 10.7. The van der Waals surface area contributed by atoms with Gasteiger partial charge in [0.25, 0.3) is 0 Å². The SMILES string of the molecule is CN=C(NCc1cccc(OCCN(C)C)c1)NC1CN(C(=O)OC(C)(C)C)C1.I. The molecule has 2 N–H and O–H groups in total.